The van der Waals surface area contributed by atoms with Gasteiger partial charge in [-0.2, -0.15) is 9.49 Å². The third-order valence-electron chi connectivity index (χ3n) is 1.84. The van der Waals surface area contributed by atoms with Gasteiger partial charge in [0.15, 0.2) is 5.75 Å². The molecule has 0 amide bonds. The van der Waals surface area contributed by atoms with Crippen molar-refractivity contribution in [2.45, 2.75) is 0 Å². The molecule has 72 valence electrons. The van der Waals surface area contributed by atoms with Crippen molar-refractivity contribution in [3.05, 3.63) is 30.5 Å². The Morgan fingerprint density at radius 1 is 1.36 bits per heavy atom. The number of H-pyrrole nitrogens is 1. The summed E-state index contributed by atoms with van der Waals surface area (Å²) in [5, 5.41) is 6.58. The second-order valence-corrected chi connectivity index (χ2v) is 2.68. The van der Waals surface area contributed by atoms with Crippen LogP contribution in [-0.2, 0) is 0 Å². The summed E-state index contributed by atoms with van der Waals surface area (Å²) >= 11 is 0. The van der Waals surface area contributed by atoms with Gasteiger partial charge < -0.3 is 4.74 Å². The predicted octanol–water partition coefficient (Wildman–Crippen LogP) is 1.62. The second kappa shape index (κ2) is 3.45. The fraction of sp³-hybridized carbons (Fsp3) is 0.111. The monoisotopic (exact) mass is 193 g/mol. The fourth-order valence-electron chi connectivity index (χ4n) is 1.16. The van der Waals surface area contributed by atoms with Crippen LogP contribution in [0.25, 0.3) is 11.3 Å². The van der Waals surface area contributed by atoms with Crippen LogP contribution in [0.4, 0.5) is 4.39 Å². The molecule has 0 aliphatic heterocycles. The lowest BCUT2D eigenvalue weighted by Crippen LogP contribution is -1.87. The van der Waals surface area contributed by atoms with E-state index in [9.17, 15) is 4.39 Å². The van der Waals surface area contributed by atoms with Gasteiger partial charge >= 0.3 is 0 Å². The molecule has 5 heteroatoms. The number of halogens is 1. The van der Waals surface area contributed by atoms with Crippen molar-refractivity contribution >= 4 is 0 Å². The van der Waals surface area contributed by atoms with E-state index in [1.807, 2.05) is 0 Å². The van der Waals surface area contributed by atoms with E-state index in [0.29, 0.717) is 11.4 Å². The summed E-state index contributed by atoms with van der Waals surface area (Å²) in [5.74, 6) is 0.102. The fourth-order valence-corrected chi connectivity index (χ4v) is 1.16. The molecular formula is C9H8FN3O. The van der Waals surface area contributed by atoms with Gasteiger partial charge in [-0.3, -0.25) is 5.10 Å². The quantitative estimate of drug-likeness (QED) is 0.737. The number of nitrogens with zero attached hydrogens (tertiary/aromatic N) is 2. The lowest BCUT2D eigenvalue weighted by atomic mass is 10.2. The van der Waals surface area contributed by atoms with Gasteiger partial charge in [0.05, 0.1) is 13.3 Å². The van der Waals surface area contributed by atoms with Crippen LogP contribution in [0.3, 0.4) is 0 Å². The number of hydrogen-bond acceptors (Lipinski definition) is 3. The van der Waals surface area contributed by atoms with Gasteiger partial charge in [0.25, 0.3) is 0 Å². The van der Waals surface area contributed by atoms with Crippen LogP contribution in [0.1, 0.15) is 0 Å². The van der Waals surface area contributed by atoms with E-state index in [4.69, 9.17) is 4.74 Å². The molecule has 0 saturated carbocycles. The summed E-state index contributed by atoms with van der Waals surface area (Å²) in [6.07, 6.45) is 2.98. The SMILES string of the molecule is COc1cn[nH]c1-c1ccc(F)nc1. The summed E-state index contributed by atoms with van der Waals surface area (Å²) in [6.45, 7) is 0. The summed E-state index contributed by atoms with van der Waals surface area (Å²) in [7, 11) is 1.55. The Morgan fingerprint density at radius 3 is 2.86 bits per heavy atom. The maximum absolute atomic E-state index is 12.5. The molecule has 2 aromatic heterocycles. The Labute approximate surface area is 79.7 Å². The van der Waals surface area contributed by atoms with E-state index >= 15 is 0 Å². The molecule has 0 radical (unpaired) electrons. The van der Waals surface area contributed by atoms with Crippen molar-refractivity contribution in [1.29, 1.82) is 0 Å². The van der Waals surface area contributed by atoms with Gasteiger partial charge in [-0.1, -0.05) is 0 Å². The summed E-state index contributed by atoms with van der Waals surface area (Å²) < 4.78 is 17.6. The number of aromatic nitrogens is 3. The van der Waals surface area contributed by atoms with E-state index in [1.165, 1.54) is 12.3 Å². The molecule has 0 fully saturated rings. The molecule has 0 aliphatic carbocycles. The average Bonchev–Trinajstić information content (AvgIpc) is 2.67. The lowest BCUT2D eigenvalue weighted by molar-refractivity contribution is 0.416. The van der Waals surface area contributed by atoms with Gasteiger partial charge in [0.1, 0.15) is 5.69 Å². The Morgan fingerprint density at radius 2 is 2.21 bits per heavy atom. The normalized spacial score (nSPS) is 10.1. The van der Waals surface area contributed by atoms with Crippen molar-refractivity contribution in [1.82, 2.24) is 15.2 Å². The molecule has 0 unspecified atom stereocenters. The third kappa shape index (κ3) is 1.44. The molecule has 0 saturated heterocycles. The molecule has 0 atom stereocenters. The minimum Gasteiger partial charge on any atom is -0.493 e. The zero-order valence-electron chi connectivity index (χ0n) is 7.49. The zero-order chi connectivity index (χ0) is 9.97. The first kappa shape index (κ1) is 8.68. The van der Waals surface area contributed by atoms with Gasteiger partial charge in [-0.25, -0.2) is 4.98 Å². The smallest absolute Gasteiger partial charge is 0.212 e. The van der Waals surface area contributed by atoms with Gasteiger partial charge in [-0.15, -0.1) is 0 Å². The van der Waals surface area contributed by atoms with Crippen molar-refractivity contribution < 1.29 is 9.13 Å². The molecule has 0 aliphatic rings. The van der Waals surface area contributed by atoms with Crippen LogP contribution in [0.5, 0.6) is 5.75 Å². The first-order chi connectivity index (χ1) is 6.81. The second-order valence-electron chi connectivity index (χ2n) is 2.68. The predicted molar refractivity (Wildman–Crippen MR) is 48.3 cm³/mol. The number of hydrogen-bond donors (Lipinski definition) is 1. The Balaban J connectivity index is 2.44. The molecular weight excluding hydrogens is 185 g/mol. The summed E-state index contributed by atoms with van der Waals surface area (Å²) in [6, 6.07) is 2.90. The van der Waals surface area contributed by atoms with Crippen molar-refractivity contribution in [2.75, 3.05) is 7.11 Å². The number of methoxy groups -OCH3 is 1. The standard InChI is InChI=1S/C9H8FN3O/c1-14-7-5-12-13-9(7)6-2-3-8(10)11-4-6/h2-5H,1H3,(H,12,13). The lowest BCUT2D eigenvalue weighted by Gasteiger charge is -2.00. The van der Waals surface area contributed by atoms with Crippen molar-refractivity contribution in [3.63, 3.8) is 0 Å². The highest BCUT2D eigenvalue weighted by Gasteiger charge is 2.07. The molecule has 14 heavy (non-hydrogen) atoms. The molecule has 0 aromatic carbocycles. The number of pyridine rings is 1. The van der Waals surface area contributed by atoms with Crippen LogP contribution in [0, 0.1) is 5.95 Å². The van der Waals surface area contributed by atoms with Crippen LogP contribution >= 0.6 is 0 Å². The van der Waals surface area contributed by atoms with Crippen LogP contribution in [0.2, 0.25) is 0 Å². The highest BCUT2D eigenvalue weighted by molar-refractivity contribution is 5.64. The summed E-state index contributed by atoms with van der Waals surface area (Å²) in [5.41, 5.74) is 1.43. The average molecular weight is 193 g/mol. The molecule has 4 nitrogen and oxygen atoms in total. The van der Waals surface area contributed by atoms with E-state index in [1.54, 1.807) is 19.4 Å². The summed E-state index contributed by atoms with van der Waals surface area (Å²) in [4.78, 5) is 3.54. The first-order valence-corrected chi connectivity index (χ1v) is 4.00. The van der Waals surface area contributed by atoms with E-state index < -0.39 is 5.95 Å². The maximum Gasteiger partial charge on any atom is 0.212 e. The van der Waals surface area contributed by atoms with Crippen LogP contribution in [0.15, 0.2) is 24.5 Å². The zero-order valence-corrected chi connectivity index (χ0v) is 7.49. The minimum absolute atomic E-state index is 0.507. The van der Waals surface area contributed by atoms with Crippen molar-refractivity contribution in [3.8, 4) is 17.0 Å². The molecule has 2 aromatic rings. The Hall–Kier alpha value is -1.91. The maximum atomic E-state index is 12.5. The molecule has 2 rings (SSSR count). The van der Waals surface area contributed by atoms with E-state index in [0.717, 1.165) is 5.56 Å². The Bertz CT molecular complexity index is 424. The van der Waals surface area contributed by atoms with Gasteiger partial charge in [0.2, 0.25) is 5.95 Å². The molecule has 0 spiro atoms. The Kier molecular flexibility index (Phi) is 2.14. The number of ether oxygens (including phenoxy) is 1. The van der Waals surface area contributed by atoms with Crippen molar-refractivity contribution in [2.24, 2.45) is 0 Å². The van der Waals surface area contributed by atoms with E-state index in [-0.39, 0.29) is 0 Å². The largest absolute Gasteiger partial charge is 0.493 e. The van der Waals surface area contributed by atoms with Crippen LogP contribution in [-0.4, -0.2) is 22.3 Å². The molecule has 1 N–H and O–H groups in total. The van der Waals surface area contributed by atoms with E-state index in [2.05, 4.69) is 15.2 Å². The first-order valence-electron chi connectivity index (χ1n) is 4.00. The minimum atomic E-state index is -0.507. The topological polar surface area (TPSA) is 50.8 Å². The number of nitrogens with one attached hydrogen (secondary N) is 1. The molecule has 0 bridgehead atoms. The van der Waals surface area contributed by atoms with Crippen LogP contribution < -0.4 is 4.74 Å². The number of aromatic amines is 1. The third-order valence-corrected chi connectivity index (χ3v) is 1.84. The molecule has 2 heterocycles. The highest BCUT2D eigenvalue weighted by Crippen LogP contribution is 2.25. The van der Waals surface area contributed by atoms with Gasteiger partial charge in [0, 0.05) is 11.8 Å². The highest BCUT2D eigenvalue weighted by atomic mass is 19.1. The number of rotatable bonds is 2. The van der Waals surface area contributed by atoms with Gasteiger partial charge in [-0.05, 0) is 12.1 Å².